The summed E-state index contributed by atoms with van der Waals surface area (Å²) < 4.78 is 5.64. The van der Waals surface area contributed by atoms with Crippen LogP contribution in [0.25, 0.3) is 0 Å². The molecule has 2 aliphatic heterocycles. The number of nitrogens with zero attached hydrogens (tertiary/aromatic N) is 3. The largest absolute Gasteiger partial charge is 0.444 e. The maximum atomic E-state index is 12.6. The highest BCUT2D eigenvalue weighted by atomic mass is 16.6. The number of rotatable bonds is 4. The number of aryl methyl sites for hydroxylation is 1. The number of carbonyl (C=O) groups excluding carboxylic acids is 1. The van der Waals surface area contributed by atoms with Gasteiger partial charge in [-0.3, -0.25) is 4.98 Å². The Morgan fingerprint density at radius 1 is 1.31 bits per heavy atom. The molecule has 160 valence electrons. The Morgan fingerprint density at radius 2 is 2.00 bits per heavy atom. The predicted molar refractivity (Wildman–Crippen MR) is 115 cm³/mol. The minimum Gasteiger partial charge on any atom is -0.444 e. The van der Waals surface area contributed by atoms with Gasteiger partial charge < -0.3 is 20.3 Å². The normalized spacial score (nSPS) is 24.4. The summed E-state index contributed by atoms with van der Waals surface area (Å²) in [7, 11) is 0. The summed E-state index contributed by atoms with van der Waals surface area (Å²) in [5.41, 5.74) is 1.68. The van der Waals surface area contributed by atoms with E-state index >= 15 is 0 Å². The molecule has 0 aliphatic carbocycles. The number of aliphatic imine (C=N–C) groups is 1. The third-order valence-electron chi connectivity index (χ3n) is 5.53. The van der Waals surface area contributed by atoms with E-state index in [9.17, 15) is 4.79 Å². The number of aromatic nitrogens is 1. The van der Waals surface area contributed by atoms with E-state index in [1.54, 1.807) is 0 Å². The van der Waals surface area contributed by atoms with Crippen molar-refractivity contribution in [2.24, 2.45) is 4.99 Å². The first kappa shape index (κ1) is 21.4. The van der Waals surface area contributed by atoms with Crippen molar-refractivity contribution >= 4 is 12.1 Å². The van der Waals surface area contributed by atoms with Gasteiger partial charge in [-0.15, -0.1) is 0 Å². The summed E-state index contributed by atoms with van der Waals surface area (Å²) in [4.78, 5) is 23.8. The number of carbonyl (C=O) groups is 1. The fourth-order valence-corrected chi connectivity index (χ4v) is 4.26. The average Bonchev–Trinajstić information content (AvgIpc) is 2.91. The molecule has 7 nitrogen and oxygen atoms in total. The summed E-state index contributed by atoms with van der Waals surface area (Å²) in [6, 6.07) is 4.78. The zero-order valence-corrected chi connectivity index (χ0v) is 18.4. The van der Waals surface area contributed by atoms with Gasteiger partial charge in [0.25, 0.3) is 0 Å². The van der Waals surface area contributed by atoms with Crippen LogP contribution in [-0.4, -0.2) is 52.2 Å². The Hall–Kier alpha value is -2.31. The van der Waals surface area contributed by atoms with Crippen LogP contribution in [0.5, 0.6) is 0 Å². The van der Waals surface area contributed by atoms with Gasteiger partial charge in [0.15, 0.2) is 5.96 Å². The fraction of sp³-hybridized carbons (Fsp3) is 0.682. The zero-order valence-electron chi connectivity index (χ0n) is 18.4. The molecule has 29 heavy (non-hydrogen) atoms. The van der Waals surface area contributed by atoms with E-state index in [1.165, 1.54) is 0 Å². The second kappa shape index (κ2) is 9.01. The minimum absolute atomic E-state index is 0.172. The van der Waals surface area contributed by atoms with Gasteiger partial charge in [0.1, 0.15) is 5.60 Å². The summed E-state index contributed by atoms with van der Waals surface area (Å²) in [5.74, 6) is 0.813. The van der Waals surface area contributed by atoms with Crippen LogP contribution in [0.2, 0.25) is 0 Å². The summed E-state index contributed by atoms with van der Waals surface area (Å²) in [6.07, 6.45) is 5.56. The van der Waals surface area contributed by atoms with Gasteiger partial charge in [-0.05, 0) is 71.9 Å². The molecule has 1 aromatic heterocycles. The number of piperidine rings is 1. The van der Waals surface area contributed by atoms with Crippen LogP contribution in [-0.2, 0) is 11.3 Å². The molecule has 3 heterocycles. The molecule has 2 fully saturated rings. The van der Waals surface area contributed by atoms with Crippen molar-refractivity contribution in [3.63, 3.8) is 0 Å². The molecule has 7 heteroatoms. The van der Waals surface area contributed by atoms with E-state index in [2.05, 4.69) is 35.5 Å². The molecule has 3 rings (SSSR count). The molecule has 1 amide bonds. The summed E-state index contributed by atoms with van der Waals surface area (Å²) >= 11 is 0. The van der Waals surface area contributed by atoms with Crippen molar-refractivity contribution < 1.29 is 9.53 Å². The van der Waals surface area contributed by atoms with E-state index in [0.717, 1.165) is 49.4 Å². The Balaban J connectivity index is 1.62. The monoisotopic (exact) mass is 401 g/mol. The molecule has 2 bridgehead atoms. The van der Waals surface area contributed by atoms with E-state index < -0.39 is 5.60 Å². The van der Waals surface area contributed by atoms with Gasteiger partial charge in [-0.2, -0.15) is 0 Å². The topological polar surface area (TPSA) is 78.9 Å². The molecule has 2 atom stereocenters. The highest BCUT2D eigenvalue weighted by molar-refractivity contribution is 5.80. The number of amides is 1. The lowest BCUT2D eigenvalue weighted by Gasteiger charge is -2.40. The fourth-order valence-electron chi connectivity index (χ4n) is 4.26. The van der Waals surface area contributed by atoms with Gasteiger partial charge in [0.2, 0.25) is 0 Å². The highest BCUT2D eigenvalue weighted by Gasteiger charge is 2.45. The summed E-state index contributed by atoms with van der Waals surface area (Å²) in [6.45, 7) is 11.2. The minimum atomic E-state index is -0.458. The number of hydrogen-bond acceptors (Lipinski definition) is 4. The lowest BCUT2D eigenvalue weighted by Crippen LogP contribution is -2.55. The molecular weight excluding hydrogens is 366 g/mol. The maximum Gasteiger partial charge on any atom is 0.410 e. The number of ether oxygens (including phenoxy) is 1. The standard InChI is InChI=1S/C22H35N5O2/c1-6-23-20(25-14-19-15(2)8-7-11-24-19)26-16-12-17-9-10-18(13-16)27(17)21(28)29-22(3,4)5/h7-8,11,16-18H,6,9-10,12-14H2,1-5H3,(H2,23,25,26). The van der Waals surface area contributed by atoms with Gasteiger partial charge >= 0.3 is 6.09 Å². The number of fused-ring (bicyclic) bond motifs is 2. The molecule has 2 unspecified atom stereocenters. The van der Waals surface area contributed by atoms with Gasteiger partial charge in [-0.25, -0.2) is 9.79 Å². The van der Waals surface area contributed by atoms with Crippen molar-refractivity contribution in [3.8, 4) is 0 Å². The first-order valence-corrected chi connectivity index (χ1v) is 10.7. The van der Waals surface area contributed by atoms with Crippen LogP contribution in [0.15, 0.2) is 23.3 Å². The first-order valence-electron chi connectivity index (χ1n) is 10.7. The predicted octanol–water partition coefficient (Wildman–Crippen LogP) is 3.38. The zero-order chi connectivity index (χ0) is 21.0. The number of pyridine rings is 1. The number of nitrogens with one attached hydrogen (secondary N) is 2. The van der Waals surface area contributed by atoms with Crippen molar-refractivity contribution in [2.45, 2.75) is 90.6 Å². The van der Waals surface area contributed by atoms with E-state index in [-0.39, 0.29) is 18.2 Å². The summed E-state index contributed by atoms with van der Waals surface area (Å²) in [5, 5.41) is 6.93. The lowest BCUT2D eigenvalue weighted by atomic mass is 9.98. The van der Waals surface area contributed by atoms with Crippen molar-refractivity contribution in [3.05, 3.63) is 29.6 Å². The number of guanidine groups is 1. The molecule has 2 saturated heterocycles. The van der Waals surface area contributed by atoms with Crippen LogP contribution in [0, 0.1) is 6.92 Å². The Bertz CT molecular complexity index is 729. The average molecular weight is 402 g/mol. The third kappa shape index (κ3) is 5.61. The Labute approximate surface area is 174 Å². The van der Waals surface area contributed by atoms with Crippen LogP contribution in [0.3, 0.4) is 0 Å². The van der Waals surface area contributed by atoms with E-state index in [0.29, 0.717) is 12.6 Å². The van der Waals surface area contributed by atoms with Crippen LogP contribution < -0.4 is 10.6 Å². The quantitative estimate of drug-likeness (QED) is 0.597. The van der Waals surface area contributed by atoms with E-state index in [4.69, 9.17) is 9.73 Å². The molecule has 1 aromatic rings. The maximum absolute atomic E-state index is 12.6. The molecule has 0 aromatic carbocycles. The SMILES string of the molecule is CCNC(=NCc1ncccc1C)NC1CC2CCC(C1)N2C(=O)OC(C)(C)C. The van der Waals surface area contributed by atoms with Crippen molar-refractivity contribution in [1.29, 1.82) is 0 Å². The van der Waals surface area contributed by atoms with Gasteiger partial charge in [-0.1, -0.05) is 6.07 Å². The molecule has 2 N–H and O–H groups in total. The smallest absolute Gasteiger partial charge is 0.410 e. The van der Waals surface area contributed by atoms with Crippen LogP contribution >= 0.6 is 0 Å². The van der Waals surface area contributed by atoms with E-state index in [1.807, 2.05) is 37.9 Å². The molecule has 2 aliphatic rings. The number of hydrogen-bond donors (Lipinski definition) is 2. The second-order valence-electron chi connectivity index (χ2n) is 9.05. The highest BCUT2D eigenvalue weighted by Crippen LogP contribution is 2.36. The van der Waals surface area contributed by atoms with Crippen LogP contribution in [0.1, 0.15) is 64.6 Å². The third-order valence-corrected chi connectivity index (χ3v) is 5.53. The van der Waals surface area contributed by atoms with Gasteiger partial charge in [0, 0.05) is 30.9 Å². The first-order chi connectivity index (χ1) is 13.8. The Kier molecular flexibility index (Phi) is 6.65. The lowest BCUT2D eigenvalue weighted by molar-refractivity contribution is 0.00545. The van der Waals surface area contributed by atoms with Crippen LogP contribution in [0.4, 0.5) is 4.79 Å². The molecular formula is C22H35N5O2. The van der Waals surface area contributed by atoms with Gasteiger partial charge in [0.05, 0.1) is 12.2 Å². The molecule has 0 radical (unpaired) electrons. The Morgan fingerprint density at radius 3 is 2.59 bits per heavy atom. The second-order valence-corrected chi connectivity index (χ2v) is 9.05. The molecule has 0 spiro atoms. The van der Waals surface area contributed by atoms with Crippen molar-refractivity contribution in [1.82, 2.24) is 20.5 Å². The van der Waals surface area contributed by atoms with Crippen molar-refractivity contribution in [2.75, 3.05) is 6.54 Å². The molecule has 0 saturated carbocycles.